The Bertz CT molecular complexity index is 425. The van der Waals surface area contributed by atoms with Gasteiger partial charge >= 0.3 is 0 Å². The second kappa shape index (κ2) is 5.20. The summed E-state index contributed by atoms with van der Waals surface area (Å²) in [5.41, 5.74) is 6.13. The van der Waals surface area contributed by atoms with Crippen LogP contribution in [0.1, 0.15) is 13.3 Å². The van der Waals surface area contributed by atoms with E-state index in [1.807, 2.05) is 0 Å². The van der Waals surface area contributed by atoms with Crippen molar-refractivity contribution in [3.05, 3.63) is 29.8 Å². The standard InChI is InChI=1S/C13H18F2N2O/c1-8(18)9-4-11(16)7-17(6-9)13-5-10(14)2-3-12(13)15/h2-3,5,8-9,11,18H,4,6-7,16H2,1H3. The molecule has 18 heavy (non-hydrogen) atoms. The molecule has 1 fully saturated rings. The lowest BCUT2D eigenvalue weighted by Gasteiger charge is -2.39. The molecule has 1 aliphatic heterocycles. The first-order valence-electron chi connectivity index (χ1n) is 6.11. The molecule has 0 bridgehead atoms. The number of anilines is 1. The van der Waals surface area contributed by atoms with Crippen LogP contribution in [0.5, 0.6) is 0 Å². The Morgan fingerprint density at radius 1 is 1.39 bits per heavy atom. The summed E-state index contributed by atoms with van der Waals surface area (Å²) in [7, 11) is 0. The van der Waals surface area contributed by atoms with Crippen molar-refractivity contribution in [2.24, 2.45) is 11.7 Å². The van der Waals surface area contributed by atoms with Gasteiger partial charge in [-0.2, -0.15) is 0 Å². The molecule has 1 saturated heterocycles. The SMILES string of the molecule is CC(O)C1CC(N)CN(c2cc(F)ccc2F)C1. The lowest BCUT2D eigenvalue weighted by atomic mass is 9.90. The van der Waals surface area contributed by atoms with E-state index in [1.54, 1.807) is 11.8 Å². The van der Waals surface area contributed by atoms with Crippen LogP contribution >= 0.6 is 0 Å². The largest absolute Gasteiger partial charge is 0.393 e. The molecular weight excluding hydrogens is 238 g/mol. The van der Waals surface area contributed by atoms with Crippen molar-refractivity contribution in [2.45, 2.75) is 25.5 Å². The van der Waals surface area contributed by atoms with Crippen LogP contribution in [0.25, 0.3) is 0 Å². The second-order valence-electron chi connectivity index (χ2n) is 5.00. The van der Waals surface area contributed by atoms with Gasteiger partial charge in [0.25, 0.3) is 0 Å². The van der Waals surface area contributed by atoms with E-state index in [0.29, 0.717) is 19.5 Å². The topological polar surface area (TPSA) is 49.5 Å². The minimum atomic E-state index is -0.504. The Balaban J connectivity index is 2.23. The Kier molecular flexibility index (Phi) is 3.82. The van der Waals surface area contributed by atoms with Gasteiger partial charge in [-0.25, -0.2) is 8.78 Å². The maximum absolute atomic E-state index is 13.7. The molecule has 1 aromatic rings. The third-order valence-electron chi connectivity index (χ3n) is 3.45. The predicted octanol–water partition coefficient (Wildman–Crippen LogP) is 1.50. The maximum Gasteiger partial charge on any atom is 0.146 e. The zero-order valence-corrected chi connectivity index (χ0v) is 10.3. The molecule has 2 rings (SSSR count). The third kappa shape index (κ3) is 2.79. The Labute approximate surface area is 105 Å². The number of aliphatic hydroxyl groups excluding tert-OH is 1. The third-order valence-corrected chi connectivity index (χ3v) is 3.45. The minimum absolute atomic E-state index is 0.0172. The molecule has 100 valence electrons. The van der Waals surface area contributed by atoms with Crippen LogP contribution in [0.4, 0.5) is 14.5 Å². The van der Waals surface area contributed by atoms with Gasteiger partial charge in [-0.3, -0.25) is 0 Å². The summed E-state index contributed by atoms with van der Waals surface area (Å²) in [6.45, 7) is 2.66. The molecule has 1 aliphatic rings. The van der Waals surface area contributed by atoms with Crippen molar-refractivity contribution in [3.63, 3.8) is 0 Å². The van der Waals surface area contributed by atoms with Crippen LogP contribution in [-0.2, 0) is 0 Å². The highest BCUT2D eigenvalue weighted by Crippen LogP contribution is 2.27. The monoisotopic (exact) mass is 256 g/mol. The van der Waals surface area contributed by atoms with Crippen molar-refractivity contribution >= 4 is 5.69 Å². The molecule has 3 nitrogen and oxygen atoms in total. The summed E-state index contributed by atoms with van der Waals surface area (Å²) in [6.07, 6.45) is 0.195. The average molecular weight is 256 g/mol. The van der Waals surface area contributed by atoms with Crippen LogP contribution in [0.15, 0.2) is 18.2 Å². The molecule has 0 aromatic heterocycles. The van der Waals surface area contributed by atoms with E-state index in [4.69, 9.17) is 5.73 Å². The van der Waals surface area contributed by atoms with Gasteiger partial charge in [0.2, 0.25) is 0 Å². The van der Waals surface area contributed by atoms with Gasteiger partial charge in [-0.05, 0) is 25.5 Å². The first-order chi connectivity index (χ1) is 8.47. The summed E-state index contributed by atoms with van der Waals surface area (Å²) in [5.74, 6) is -0.953. The van der Waals surface area contributed by atoms with Crippen molar-refractivity contribution in [1.82, 2.24) is 0 Å². The first-order valence-corrected chi connectivity index (χ1v) is 6.11. The maximum atomic E-state index is 13.7. The van der Waals surface area contributed by atoms with Crippen LogP contribution < -0.4 is 10.6 Å². The molecule has 1 aromatic carbocycles. The van der Waals surface area contributed by atoms with Crippen LogP contribution in [0, 0.1) is 17.6 Å². The van der Waals surface area contributed by atoms with Crippen molar-refractivity contribution in [1.29, 1.82) is 0 Å². The summed E-state index contributed by atoms with van der Waals surface area (Å²) in [4.78, 5) is 1.71. The highest BCUT2D eigenvalue weighted by molar-refractivity contribution is 5.48. The number of benzene rings is 1. The molecule has 0 aliphatic carbocycles. The minimum Gasteiger partial charge on any atom is -0.393 e. The highest BCUT2D eigenvalue weighted by Gasteiger charge is 2.29. The number of halogens is 2. The number of rotatable bonds is 2. The number of nitrogens with two attached hydrogens (primary N) is 1. The highest BCUT2D eigenvalue weighted by atomic mass is 19.1. The molecule has 0 saturated carbocycles. The van der Waals surface area contributed by atoms with Crippen molar-refractivity contribution in [3.8, 4) is 0 Å². The fraction of sp³-hybridized carbons (Fsp3) is 0.538. The molecule has 5 heteroatoms. The van der Waals surface area contributed by atoms with Crippen LogP contribution in [-0.4, -0.2) is 30.3 Å². The fourth-order valence-electron chi connectivity index (χ4n) is 2.45. The van der Waals surface area contributed by atoms with Crippen molar-refractivity contribution < 1.29 is 13.9 Å². The smallest absolute Gasteiger partial charge is 0.146 e. The molecule has 0 amide bonds. The van der Waals surface area contributed by atoms with E-state index in [9.17, 15) is 13.9 Å². The quantitative estimate of drug-likeness (QED) is 0.843. The summed E-state index contributed by atoms with van der Waals surface area (Å²) in [5, 5.41) is 9.63. The summed E-state index contributed by atoms with van der Waals surface area (Å²) < 4.78 is 26.9. The molecule has 0 radical (unpaired) electrons. The van der Waals surface area contributed by atoms with Crippen LogP contribution in [0.3, 0.4) is 0 Å². The Morgan fingerprint density at radius 3 is 2.78 bits per heavy atom. The number of nitrogens with zero attached hydrogens (tertiary/aromatic N) is 1. The average Bonchev–Trinajstić information content (AvgIpc) is 2.31. The lowest BCUT2D eigenvalue weighted by molar-refractivity contribution is 0.110. The zero-order chi connectivity index (χ0) is 13.3. The van der Waals surface area contributed by atoms with Gasteiger partial charge in [0.15, 0.2) is 0 Å². The van der Waals surface area contributed by atoms with E-state index >= 15 is 0 Å². The Hall–Kier alpha value is -1.20. The molecule has 1 heterocycles. The van der Waals surface area contributed by atoms with E-state index in [1.165, 1.54) is 6.07 Å². The number of aliphatic hydroxyl groups is 1. The molecule has 3 N–H and O–H groups in total. The van der Waals surface area contributed by atoms with E-state index < -0.39 is 17.7 Å². The van der Waals surface area contributed by atoms with Gasteiger partial charge < -0.3 is 15.7 Å². The number of piperidine rings is 1. The summed E-state index contributed by atoms with van der Waals surface area (Å²) >= 11 is 0. The Morgan fingerprint density at radius 2 is 2.11 bits per heavy atom. The van der Waals surface area contributed by atoms with Gasteiger partial charge in [-0.1, -0.05) is 0 Å². The fourth-order valence-corrected chi connectivity index (χ4v) is 2.45. The zero-order valence-electron chi connectivity index (χ0n) is 10.3. The summed E-state index contributed by atoms with van der Waals surface area (Å²) in [6, 6.07) is 3.24. The lowest BCUT2D eigenvalue weighted by Crippen LogP contribution is -2.50. The molecular formula is C13H18F2N2O. The van der Waals surface area contributed by atoms with E-state index in [-0.39, 0.29) is 17.6 Å². The molecule has 3 atom stereocenters. The normalized spacial score (nSPS) is 26.2. The van der Waals surface area contributed by atoms with Gasteiger partial charge in [0.05, 0.1) is 11.8 Å². The van der Waals surface area contributed by atoms with Crippen LogP contribution in [0.2, 0.25) is 0 Å². The van der Waals surface area contributed by atoms with Gasteiger partial charge in [0.1, 0.15) is 11.6 Å². The van der Waals surface area contributed by atoms with E-state index in [2.05, 4.69) is 0 Å². The van der Waals surface area contributed by atoms with Gasteiger partial charge in [0, 0.05) is 31.1 Å². The second-order valence-corrected chi connectivity index (χ2v) is 5.00. The van der Waals surface area contributed by atoms with E-state index in [0.717, 1.165) is 12.1 Å². The number of hydrogen-bond acceptors (Lipinski definition) is 3. The predicted molar refractivity (Wildman–Crippen MR) is 66.3 cm³/mol. The van der Waals surface area contributed by atoms with Gasteiger partial charge in [-0.15, -0.1) is 0 Å². The number of hydrogen-bond donors (Lipinski definition) is 2. The molecule has 0 spiro atoms. The first kappa shape index (κ1) is 13.2. The molecule has 3 unspecified atom stereocenters. The van der Waals surface area contributed by atoms with Crippen molar-refractivity contribution in [2.75, 3.05) is 18.0 Å².